The molecule has 0 atom stereocenters. The topological polar surface area (TPSA) is 58.1 Å². The van der Waals surface area contributed by atoms with Crippen molar-refractivity contribution >= 4 is 5.96 Å². The molecular formula is C20H40N4O2. The average Bonchev–Trinajstić information content (AvgIpc) is 2.61. The molecule has 0 unspecified atom stereocenters. The number of unbranched alkanes of at least 4 members (excludes halogenated alkanes) is 1. The van der Waals surface area contributed by atoms with Gasteiger partial charge in [-0.3, -0.25) is 9.89 Å². The van der Waals surface area contributed by atoms with Crippen LogP contribution in [0.1, 0.15) is 46.5 Å². The summed E-state index contributed by atoms with van der Waals surface area (Å²) in [5, 5.41) is 6.90. The van der Waals surface area contributed by atoms with Crippen molar-refractivity contribution < 1.29 is 9.47 Å². The lowest BCUT2D eigenvalue weighted by molar-refractivity contribution is 0.0497. The van der Waals surface area contributed by atoms with Gasteiger partial charge in [-0.2, -0.15) is 0 Å². The van der Waals surface area contributed by atoms with Crippen molar-refractivity contribution in [2.24, 2.45) is 4.99 Å². The number of nitrogens with one attached hydrogen (secondary N) is 2. The largest absolute Gasteiger partial charge is 0.379 e. The van der Waals surface area contributed by atoms with Gasteiger partial charge in [0.2, 0.25) is 0 Å². The predicted octanol–water partition coefficient (Wildman–Crippen LogP) is 2.42. The molecule has 0 spiro atoms. The minimum Gasteiger partial charge on any atom is -0.379 e. The molecule has 0 aliphatic carbocycles. The van der Waals surface area contributed by atoms with Crippen molar-refractivity contribution in [3.8, 4) is 0 Å². The molecule has 6 heteroatoms. The summed E-state index contributed by atoms with van der Waals surface area (Å²) in [5.41, 5.74) is 1.24. The summed E-state index contributed by atoms with van der Waals surface area (Å²) >= 11 is 0. The SMILES string of the molecule is C=C(C)CN1CCC(NC(=NCCOCCOCCCC)NCC)CC1. The standard InChI is InChI=1S/C20H40N4O2/c1-5-7-13-25-15-16-26-14-10-22-20(21-6-2)23-19-8-11-24(12-9-19)17-18(3)4/h19H,3,5-17H2,1-2,4H3,(H2,21,22,23). The molecule has 0 amide bonds. The molecular weight excluding hydrogens is 328 g/mol. The second kappa shape index (κ2) is 15.0. The van der Waals surface area contributed by atoms with Crippen molar-refractivity contribution in [3.63, 3.8) is 0 Å². The van der Waals surface area contributed by atoms with E-state index < -0.39 is 0 Å². The van der Waals surface area contributed by atoms with Gasteiger partial charge in [0.1, 0.15) is 0 Å². The van der Waals surface area contributed by atoms with Crippen molar-refractivity contribution in [3.05, 3.63) is 12.2 Å². The van der Waals surface area contributed by atoms with Gasteiger partial charge in [0.15, 0.2) is 5.96 Å². The van der Waals surface area contributed by atoms with Crippen LogP contribution in [0, 0.1) is 0 Å². The molecule has 1 rings (SSSR count). The van der Waals surface area contributed by atoms with Gasteiger partial charge in [0.05, 0.1) is 26.4 Å². The number of aliphatic imine (C=N–C) groups is 1. The first-order chi connectivity index (χ1) is 12.7. The maximum atomic E-state index is 5.58. The van der Waals surface area contributed by atoms with Crippen LogP contribution in [0.3, 0.4) is 0 Å². The summed E-state index contributed by atoms with van der Waals surface area (Å²) in [6.07, 6.45) is 4.57. The minimum absolute atomic E-state index is 0.488. The Bertz CT molecular complexity index is 393. The molecule has 1 fully saturated rings. The zero-order valence-electron chi connectivity index (χ0n) is 17.2. The molecule has 0 aromatic carbocycles. The summed E-state index contributed by atoms with van der Waals surface area (Å²) < 4.78 is 11.1. The van der Waals surface area contributed by atoms with Crippen LogP contribution in [0.25, 0.3) is 0 Å². The van der Waals surface area contributed by atoms with E-state index in [-0.39, 0.29) is 0 Å². The zero-order chi connectivity index (χ0) is 19.0. The fourth-order valence-corrected chi connectivity index (χ4v) is 2.92. The van der Waals surface area contributed by atoms with Crippen molar-refractivity contribution in [2.45, 2.75) is 52.5 Å². The number of likely N-dealkylation sites (tertiary alicyclic amines) is 1. The van der Waals surface area contributed by atoms with Crippen molar-refractivity contribution in [1.82, 2.24) is 15.5 Å². The second-order valence-electron chi connectivity index (χ2n) is 6.99. The van der Waals surface area contributed by atoms with Gasteiger partial charge in [0, 0.05) is 38.8 Å². The lowest BCUT2D eigenvalue weighted by Crippen LogP contribution is -2.49. The van der Waals surface area contributed by atoms with Gasteiger partial charge in [-0.15, -0.1) is 0 Å². The number of ether oxygens (including phenoxy) is 2. The highest BCUT2D eigenvalue weighted by molar-refractivity contribution is 5.80. The van der Waals surface area contributed by atoms with Gasteiger partial charge in [-0.1, -0.05) is 25.5 Å². The van der Waals surface area contributed by atoms with Crippen LogP contribution in [0.5, 0.6) is 0 Å². The van der Waals surface area contributed by atoms with E-state index >= 15 is 0 Å². The lowest BCUT2D eigenvalue weighted by atomic mass is 10.0. The van der Waals surface area contributed by atoms with E-state index in [0.717, 1.165) is 58.0 Å². The highest BCUT2D eigenvalue weighted by Gasteiger charge is 2.19. The molecule has 2 N–H and O–H groups in total. The van der Waals surface area contributed by atoms with Crippen LogP contribution >= 0.6 is 0 Å². The maximum absolute atomic E-state index is 5.58. The van der Waals surface area contributed by atoms with Crippen LogP contribution in [-0.4, -0.2) is 76.1 Å². The summed E-state index contributed by atoms with van der Waals surface area (Å²) in [4.78, 5) is 7.10. The van der Waals surface area contributed by atoms with E-state index in [1.54, 1.807) is 0 Å². The number of rotatable bonds is 13. The third kappa shape index (κ3) is 11.5. The lowest BCUT2D eigenvalue weighted by Gasteiger charge is -2.33. The summed E-state index contributed by atoms with van der Waals surface area (Å²) in [6, 6.07) is 0.488. The molecule has 0 bridgehead atoms. The number of hydrogen-bond acceptors (Lipinski definition) is 4. The Kier molecular flexibility index (Phi) is 13.2. The van der Waals surface area contributed by atoms with Crippen molar-refractivity contribution in [2.75, 3.05) is 59.2 Å². The normalized spacial score (nSPS) is 16.7. The Balaban J connectivity index is 2.18. The fraction of sp³-hybridized carbons (Fsp3) is 0.850. The highest BCUT2D eigenvalue weighted by atomic mass is 16.5. The van der Waals surface area contributed by atoms with Crippen LogP contribution in [0.4, 0.5) is 0 Å². The smallest absolute Gasteiger partial charge is 0.191 e. The molecule has 1 heterocycles. The van der Waals surface area contributed by atoms with Gasteiger partial charge in [0.25, 0.3) is 0 Å². The molecule has 0 aromatic heterocycles. The number of nitrogens with zero attached hydrogens (tertiary/aromatic N) is 2. The van der Waals surface area contributed by atoms with E-state index in [1.807, 2.05) is 0 Å². The van der Waals surface area contributed by atoms with E-state index in [2.05, 4.69) is 47.9 Å². The van der Waals surface area contributed by atoms with Gasteiger partial charge in [-0.25, -0.2) is 0 Å². The zero-order valence-corrected chi connectivity index (χ0v) is 17.2. The van der Waals surface area contributed by atoms with E-state index in [9.17, 15) is 0 Å². The Morgan fingerprint density at radius 2 is 1.81 bits per heavy atom. The van der Waals surface area contributed by atoms with Gasteiger partial charge in [-0.05, 0) is 33.1 Å². The first-order valence-electron chi connectivity index (χ1n) is 10.2. The van der Waals surface area contributed by atoms with Crippen molar-refractivity contribution in [1.29, 1.82) is 0 Å². The third-order valence-corrected chi connectivity index (χ3v) is 4.29. The number of piperidine rings is 1. The Hall–Kier alpha value is -1.11. The summed E-state index contributed by atoms with van der Waals surface area (Å²) in [6.45, 7) is 17.9. The van der Waals surface area contributed by atoms with Crippen LogP contribution < -0.4 is 10.6 Å². The molecule has 0 aromatic rings. The molecule has 0 radical (unpaired) electrons. The monoisotopic (exact) mass is 368 g/mol. The van der Waals surface area contributed by atoms with E-state index in [1.165, 1.54) is 12.0 Å². The first-order valence-corrected chi connectivity index (χ1v) is 10.2. The van der Waals surface area contributed by atoms with E-state index in [4.69, 9.17) is 9.47 Å². The molecule has 0 saturated carbocycles. The second-order valence-corrected chi connectivity index (χ2v) is 6.99. The Morgan fingerprint density at radius 3 is 2.42 bits per heavy atom. The van der Waals surface area contributed by atoms with Crippen LogP contribution in [0.15, 0.2) is 17.1 Å². The average molecular weight is 369 g/mol. The summed E-state index contributed by atoms with van der Waals surface area (Å²) in [5.74, 6) is 0.897. The molecule has 26 heavy (non-hydrogen) atoms. The quantitative estimate of drug-likeness (QED) is 0.226. The van der Waals surface area contributed by atoms with Crippen LogP contribution in [0.2, 0.25) is 0 Å². The molecule has 152 valence electrons. The highest BCUT2D eigenvalue weighted by Crippen LogP contribution is 2.11. The fourth-order valence-electron chi connectivity index (χ4n) is 2.92. The Morgan fingerprint density at radius 1 is 1.12 bits per heavy atom. The predicted molar refractivity (Wildman–Crippen MR) is 110 cm³/mol. The number of guanidine groups is 1. The molecule has 6 nitrogen and oxygen atoms in total. The molecule has 1 aliphatic heterocycles. The van der Waals surface area contributed by atoms with Gasteiger partial charge >= 0.3 is 0 Å². The molecule has 1 saturated heterocycles. The molecule has 1 aliphatic rings. The maximum Gasteiger partial charge on any atom is 0.191 e. The Labute approximate surface area is 160 Å². The van der Waals surface area contributed by atoms with Gasteiger partial charge < -0.3 is 20.1 Å². The van der Waals surface area contributed by atoms with E-state index in [0.29, 0.717) is 32.4 Å². The first kappa shape index (κ1) is 22.9. The number of hydrogen-bond donors (Lipinski definition) is 2. The van der Waals surface area contributed by atoms with Crippen LogP contribution in [-0.2, 0) is 9.47 Å². The summed E-state index contributed by atoms with van der Waals surface area (Å²) in [7, 11) is 0. The third-order valence-electron chi connectivity index (χ3n) is 4.29. The minimum atomic E-state index is 0.488.